The minimum atomic E-state index is -0.442. The van der Waals surface area contributed by atoms with Gasteiger partial charge in [0.2, 0.25) is 5.95 Å². The van der Waals surface area contributed by atoms with Gasteiger partial charge in [-0.15, -0.1) is 0 Å². The van der Waals surface area contributed by atoms with Crippen LogP contribution in [0.1, 0.15) is 6.42 Å². The molecular formula is C12H18FN3O. The largest absolute Gasteiger partial charge is 0.385 e. The van der Waals surface area contributed by atoms with Gasteiger partial charge in [-0.1, -0.05) is 0 Å². The van der Waals surface area contributed by atoms with Crippen LogP contribution >= 0.6 is 0 Å². The summed E-state index contributed by atoms with van der Waals surface area (Å²) in [6.45, 7) is 5.62. The predicted molar refractivity (Wildman–Crippen MR) is 64.6 cm³/mol. The lowest BCUT2D eigenvalue weighted by Gasteiger charge is -2.26. The number of nitrogens with one attached hydrogen (secondary N) is 1. The predicted octanol–water partition coefficient (Wildman–Crippen LogP) is 1.35. The smallest absolute Gasteiger partial charge is 0.214 e. The Bertz CT molecular complexity index is 342. The fraction of sp³-hybridized carbons (Fsp3) is 0.583. The van der Waals surface area contributed by atoms with Crippen molar-refractivity contribution in [3.05, 3.63) is 24.3 Å². The van der Waals surface area contributed by atoms with Gasteiger partial charge < -0.3 is 10.1 Å². The van der Waals surface area contributed by atoms with E-state index in [0.29, 0.717) is 0 Å². The molecule has 1 aliphatic rings. The second-order valence-electron chi connectivity index (χ2n) is 4.10. The first-order valence-corrected chi connectivity index (χ1v) is 6.00. The summed E-state index contributed by atoms with van der Waals surface area (Å²) in [5.41, 5.74) is 0.791. The standard InChI is InChI=1S/C12H18FN3O/c13-12-10-11(2-4-15-12)14-3-1-5-16-6-8-17-9-7-16/h2,4,10H,1,3,5-9H2,(H,14,15). The molecule has 0 aromatic carbocycles. The molecule has 1 N–H and O–H groups in total. The van der Waals surface area contributed by atoms with E-state index in [4.69, 9.17) is 4.74 Å². The molecule has 0 aliphatic carbocycles. The molecule has 17 heavy (non-hydrogen) atoms. The maximum absolute atomic E-state index is 12.8. The van der Waals surface area contributed by atoms with Crippen LogP contribution in [-0.2, 0) is 4.74 Å². The SMILES string of the molecule is Fc1cc(NCCCN2CCOCC2)ccn1. The topological polar surface area (TPSA) is 37.4 Å². The zero-order chi connectivity index (χ0) is 11.9. The van der Waals surface area contributed by atoms with E-state index < -0.39 is 5.95 Å². The van der Waals surface area contributed by atoms with Crippen molar-refractivity contribution in [1.29, 1.82) is 0 Å². The monoisotopic (exact) mass is 239 g/mol. The summed E-state index contributed by atoms with van der Waals surface area (Å²) in [5.74, 6) is -0.442. The molecular weight excluding hydrogens is 221 g/mol. The van der Waals surface area contributed by atoms with E-state index in [1.807, 2.05) is 0 Å². The maximum Gasteiger partial charge on any atom is 0.214 e. The Hall–Kier alpha value is -1.20. The van der Waals surface area contributed by atoms with Crippen LogP contribution in [0, 0.1) is 5.95 Å². The van der Waals surface area contributed by atoms with Gasteiger partial charge in [-0.3, -0.25) is 4.90 Å². The number of hydrogen-bond acceptors (Lipinski definition) is 4. The van der Waals surface area contributed by atoms with Crippen LogP contribution in [0.2, 0.25) is 0 Å². The minimum Gasteiger partial charge on any atom is -0.385 e. The van der Waals surface area contributed by atoms with Gasteiger partial charge in [0.1, 0.15) is 0 Å². The van der Waals surface area contributed by atoms with Gasteiger partial charge in [-0.2, -0.15) is 4.39 Å². The number of anilines is 1. The first-order chi connectivity index (χ1) is 8.34. The number of pyridine rings is 1. The lowest BCUT2D eigenvalue weighted by molar-refractivity contribution is 0.0378. The lowest BCUT2D eigenvalue weighted by atomic mass is 10.3. The van der Waals surface area contributed by atoms with Crippen molar-refractivity contribution in [1.82, 2.24) is 9.88 Å². The molecule has 0 spiro atoms. The molecule has 0 saturated carbocycles. The van der Waals surface area contributed by atoms with Gasteiger partial charge in [-0.05, 0) is 19.0 Å². The second kappa shape index (κ2) is 6.51. The molecule has 0 amide bonds. The molecule has 5 heteroatoms. The van der Waals surface area contributed by atoms with E-state index in [9.17, 15) is 4.39 Å². The number of aromatic nitrogens is 1. The van der Waals surface area contributed by atoms with Crippen LogP contribution in [0.15, 0.2) is 18.3 Å². The first kappa shape index (κ1) is 12.3. The van der Waals surface area contributed by atoms with Crippen molar-refractivity contribution >= 4 is 5.69 Å². The molecule has 1 aliphatic heterocycles. The number of nitrogens with zero attached hydrogens (tertiary/aromatic N) is 2. The summed E-state index contributed by atoms with van der Waals surface area (Å²) in [4.78, 5) is 5.90. The van der Waals surface area contributed by atoms with Crippen molar-refractivity contribution in [3.8, 4) is 0 Å². The normalized spacial score (nSPS) is 17.0. The number of rotatable bonds is 5. The lowest BCUT2D eigenvalue weighted by Crippen LogP contribution is -2.37. The number of morpholine rings is 1. The molecule has 1 aromatic heterocycles. The van der Waals surface area contributed by atoms with E-state index in [-0.39, 0.29) is 0 Å². The van der Waals surface area contributed by atoms with Crippen LogP contribution in [0.4, 0.5) is 10.1 Å². The third-order valence-electron chi connectivity index (χ3n) is 2.81. The molecule has 1 aromatic rings. The van der Waals surface area contributed by atoms with Crippen LogP contribution in [0.3, 0.4) is 0 Å². The molecule has 1 saturated heterocycles. The van der Waals surface area contributed by atoms with Crippen molar-refractivity contribution < 1.29 is 9.13 Å². The Balaban J connectivity index is 1.62. The van der Waals surface area contributed by atoms with E-state index in [0.717, 1.165) is 51.5 Å². The highest BCUT2D eigenvalue weighted by atomic mass is 19.1. The Morgan fingerprint density at radius 1 is 1.41 bits per heavy atom. The van der Waals surface area contributed by atoms with Crippen LogP contribution < -0.4 is 5.32 Å². The molecule has 1 fully saturated rings. The molecule has 94 valence electrons. The summed E-state index contributed by atoms with van der Waals surface area (Å²) in [7, 11) is 0. The number of ether oxygens (including phenoxy) is 1. The highest BCUT2D eigenvalue weighted by molar-refractivity contribution is 5.40. The average molecular weight is 239 g/mol. The summed E-state index contributed by atoms with van der Waals surface area (Å²) in [6.07, 6.45) is 2.52. The third kappa shape index (κ3) is 4.28. The fourth-order valence-corrected chi connectivity index (χ4v) is 1.87. The van der Waals surface area contributed by atoms with Crippen LogP contribution in [-0.4, -0.2) is 49.3 Å². The van der Waals surface area contributed by atoms with Crippen molar-refractivity contribution in [2.75, 3.05) is 44.7 Å². The Morgan fingerprint density at radius 3 is 3.00 bits per heavy atom. The molecule has 0 unspecified atom stereocenters. The minimum absolute atomic E-state index is 0.442. The van der Waals surface area contributed by atoms with E-state index >= 15 is 0 Å². The molecule has 2 rings (SSSR count). The molecule has 2 heterocycles. The van der Waals surface area contributed by atoms with Crippen molar-refractivity contribution in [3.63, 3.8) is 0 Å². The first-order valence-electron chi connectivity index (χ1n) is 6.00. The summed E-state index contributed by atoms with van der Waals surface area (Å²) in [6, 6.07) is 3.19. The van der Waals surface area contributed by atoms with Gasteiger partial charge in [0.15, 0.2) is 0 Å². The average Bonchev–Trinajstić information content (AvgIpc) is 2.36. The Morgan fingerprint density at radius 2 is 2.24 bits per heavy atom. The zero-order valence-corrected chi connectivity index (χ0v) is 9.86. The highest BCUT2D eigenvalue weighted by Gasteiger charge is 2.08. The van der Waals surface area contributed by atoms with E-state index in [1.165, 1.54) is 12.3 Å². The quantitative estimate of drug-likeness (QED) is 0.622. The van der Waals surface area contributed by atoms with Gasteiger partial charge in [0.25, 0.3) is 0 Å². The zero-order valence-electron chi connectivity index (χ0n) is 9.86. The Labute approximate surface area is 101 Å². The maximum atomic E-state index is 12.8. The van der Waals surface area contributed by atoms with E-state index in [1.54, 1.807) is 6.07 Å². The molecule has 4 nitrogen and oxygen atoms in total. The van der Waals surface area contributed by atoms with Crippen molar-refractivity contribution in [2.24, 2.45) is 0 Å². The summed E-state index contributed by atoms with van der Waals surface area (Å²) >= 11 is 0. The molecule has 0 bridgehead atoms. The molecule has 0 radical (unpaired) electrons. The highest BCUT2D eigenvalue weighted by Crippen LogP contribution is 2.06. The molecule has 0 atom stereocenters. The second-order valence-corrected chi connectivity index (χ2v) is 4.10. The van der Waals surface area contributed by atoms with E-state index in [2.05, 4.69) is 15.2 Å². The summed E-state index contributed by atoms with van der Waals surface area (Å²) < 4.78 is 18.1. The number of hydrogen-bond donors (Lipinski definition) is 1. The summed E-state index contributed by atoms with van der Waals surface area (Å²) in [5, 5.41) is 3.19. The van der Waals surface area contributed by atoms with Gasteiger partial charge in [0, 0.05) is 37.6 Å². The third-order valence-corrected chi connectivity index (χ3v) is 2.81. The van der Waals surface area contributed by atoms with Gasteiger partial charge in [0.05, 0.1) is 13.2 Å². The number of halogens is 1. The van der Waals surface area contributed by atoms with Crippen LogP contribution in [0.5, 0.6) is 0 Å². The van der Waals surface area contributed by atoms with Gasteiger partial charge >= 0.3 is 0 Å². The fourth-order valence-electron chi connectivity index (χ4n) is 1.87. The Kier molecular flexibility index (Phi) is 4.70. The van der Waals surface area contributed by atoms with Crippen molar-refractivity contribution in [2.45, 2.75) is 6.42 Å². The van der Waals surface area contributed by atoms with Crippen LogP contribution in [0.25, 0.3) is 0 Å². The van der Waals surface area contributed by atoms with Gasteiger partial charge in [-0.25, -0.2) is 4.98 Å².